The van der Waals surface area contributed by atoms with Gasteiger partial charge in [0.05, 0.1) is 25.3 Å². The lowest BCUT2D eigenvalue weighted by Crippen LogP contribution is -2.43. The molecule has 1 heterocycles. The summed E-state index contributed by atoms with van der Waals surface area (Å²) in [7, 11) is 2.97. The number of rotatable bonds is 12. The highest BCUT2D eigenvalue weighted by Crippen LogP contribution is 2.30. The average molecular weight is 582 g/mol. The van der Waals surface area contributed by atoms with Gasteiger partial charge in [0, 0.05) is 42.8 Å². The van der Waals surface area contributed by atoms with Crippen molar-refractivity contribution in [2.24, 2.45) is 0 Å². The Morgan fingerprint density at radius 1 is 0.905 bits per heavy atom. The Morgan fingerprint density at radius 2 is 1.64 bits per heavy atom. The van der Waals surface area contributed by atoms with Crippen LogP contribution in [0.4, 0.5) is 13.2 Å². The summed E-state index contributed by atoms with van der Waals surface area (Å²) in [6.45, 7) is 2.45. The number of amides is 2. The number of hydrogen-bond donors (Lipinski definition) is 1. The van der Waals surface area contributed by atoms with Gasteiger partial charge >= 0.3 is 6.18 Å². The average Bonchev–Trinajstić information content (AvgIpc) is 3.41. The van der Waals surface area contributed by atoms with Crippen molar-refractivity contribution in [3.05, 3.63) is 95.2 Å². The van der Waals surface area contributed by atoms with Gasteiger partial charge in [-0.1, -0.05) is 37.3 Å². The molecule has 0 saturated heterocycles. The Kier molecular flexibility index (Phi) is 9.77. The number of fused-ring (bicyclic) bond motifs is 1. The molecule has 0 aliphatic rings. The van der Waals surface area contributed by atoms with E-state index in [2.05, 4.69) is 4.98 Å². The van der Waals surface area contributed by atoms with Crippen LogP contribution in [0, 0.1) is 0 Å². The molecule has 0 saturated carbocycles. The Labute approximate surface area is 242 Å². The van der Waals surface area contributed by atoms with E-state index in [-0.39, 0.29) is 24.9 Å². The van der Waals surface area contributed by atoms with Crippen LogP contribution in [0.2, 0.25) is 0 Å². The minimum atomic E-state index is -4.45. The largest absolute Gasteiger partial charge is 0.497 e. The molecule has 0 fully saturated rings. The van der Waals surface area contributed by atoms with E-state index in [9.17, 15) is 22.8 Å². The third-order valence-corrected chi connectivity index (χ3v) is 7.08. The number of nitrogens with one attached hydrogen (secondary N) is 1. The molecule has 10 heteroatoms. The lowest BCUT2D eigenvalue weighted by Gasteiger charge is -2.28. The molecule has 7 nitrogen and oxygen atoms in total. The van der Waals surface area contributed by atoms with Crippen molar-refractivity contribution in [1.29, 1.82) is 0 Å². The highest BCUT2D eigenvalue weighted by Gasteiger charge is 2.30. The van der Waals surface area contributed by atoms with Gasteiger partial charge in [-0.2, -0.15) is 13.2 Å². The number of nitrogens with zero attached hydrogens (tertiary/aromatic N) is 2. The molecule has 0 spiro atoms. The molecular formula is C32H34F3N3O4. The summed E-state index contributed by atoms with van der Waals surface area (Å²) in [5.74, 6) is 0.176. The first-order chi connectivity index (χ1) is 20.1. The normalized spacial score (nSPS) is 11.4. The highest BCUT2D eigenvalue weighted by atomic mass is 19.4. The van der Waals surface area contributed by atoms with E-state index in [0.29, 0.717) is 48.6 Å². The van der Waals surface area contributed by atoms with Crippen LogP contribution in [0.1, 0.15) is 40.4 Å². The summed E-state index contributed by atoms with van der Waals surface area (Å²) in [5, 5.41) is 1.04. The zero-order chi connectivity index (χ0) is 30.3. The van der Waals surface area contributed by atoms with Gasteiger partial charge in [0.15, 0.2) is 0 Å². The van der Waals surface area contributed by atoms with Crippen molar-refractivity contribution in [1.82, 2.24) is 14.8 Å². The first kappa shape index (κ1) is 30.5. The van der Waals surface area contributed by atoms with Crippen molar-refractivity contribution in [2.75, 3.05) is 33.9 Å². The fraction of sp³-hybridized carbons (Fsp3) is 0.312. The molecule has 42 heavy (non-hydrogen) atoms. The number of carbonyl (C=O) groups excluding carboxylic acids is 2. The van der Waals surface area contributed by atoms with Gasteiger partial charge in [0.1, 0.15) is 18.0 Å². The summed E-state index contributed by atoms with van der Waals surface area (Å²) in [6, 6.07) is 17.5. The lowest BCUT2D eigenvalue weighted by atomic mass is 10.1. The summed E-state index contributed by atoms with van der Waals surface area (Å²) >= 11 is 0. The number of hydrogen-bond acceptors (Lipinski definition) is 4. The predicted octanol–water partition coefficient (Wildman–Crippen LogP) is 6.33. The topological polar surface area (TPSA) is 74.9 Å². The van der Waals surface area contributed by atoms with Crippen molar-refractivity contribution in [3.63, 3.8) is 0 Å². The summed E-state index contributed by atoms with van der Waals surface area (Å²) in [6.07, 6.45) is -1.42. The molecule has 0 atom stereocenters. The molecule has 1 N–H and O–H groups in total. The van der Waals surface area contributed by atoms with E-state index < -0.39 is 11.7 Å². The van der Waals surface area contributed by atoms with Crippen molar-refractivity contribution in [3.8, 4) is 11.5 Å². The van der Waals surface area contributed by atoms with Gasteiger partial charge in [-0.3, -0.25) is 9.59 Å². The second kappa shape index (κ2) is 13.5. The van der Waals surface area contributed by atoms with Crippen LogP contribution in [0.15, 0.2) is 72.9 Å². The monoisotopic (exact) mass is 581 g/mol. The van der Waals surface area contributed by atoms with E-state index in [0.717, 1.165) is 28.6 Å². The number of H-pyrrole nitrogens is 1. The lowest BCUT2D eigenvalue weighted by molar-refractivity contribution is -0.137. The van der Waals surface area contributed by atoms with Crippen LogP contribution in [0.5, 0.6) is 11.5 Å². The molecule has 0 aliphatic carbocycles. The molecule has 0 bridgehead atoms. The van der Waals surface area contributed by atoms with Gasteiger partial charge < -0.3 is 24.3 Å². The number of alkyl halides is 3. The fourth-order valence-electron chi connectivity index (χ4n) is 4.84. The number of benzene rings is 3. The zero-order valence-corrected chi connectivity index (χ0v) is 23.8. The molecule has 2 amide bonds. The molecule has 1 aromatic heterocycles. The first-order valence-electron chi connectivity index (χ1n) is 13.6. The minimum Gasteiger partial charge on any atom is -0.497 e. The molecule has 0 radical (unpaired) electrons. The van der Waals surface area contributed by atoms with E-state index >= 15 is 0 Å². The van der Waals surface area contributed by atoms with Gasteiger partial charge in [-0.05, 0) is 54.3 Å². The van der Waals surface area contributed by atoms with E-state index in [1.54, 1.807) is 23.1 Å². The quantitative estimate of drug-likeness (QED) is 0.212. The molecule has 0 unspecified atom stereocenters. The van der Waals surface area contributed by atoms with Crippen molar-refractivity contribution < 1.29 is 32.2 Å². The van der Waals surface area contributed by atoms with Crippen LogP contribution < -0.4 is 9.47 Å². The first-order valence-corrected chi connectivity index (χ1v) is 13.6. The van der Waals surface area contributed by atoms with Crippen LogP contribution in [-0.2, 0) is 23.9 Å². The maximum atomic E-state index is 13.8. The number of methoxy groups -OCH3 is 2. The highest BCUT2D eigenvalue weighted by molar-refractivity contribution is 5.99. The molecule has 4 aromatic rings. The van der Waals surface area contributed by atoms with Gasteiger partial charge in [-0.15, -0.1) is 0 Å². The Hall–Kier alpha value is -4.47. The van der Waals surface area contributed by atoms with Crippen LogP contribution in [-0.4, -0.2) is 60.5 Å². The summed E-state index contributed by atoms with van der Waals surface area (Å²) in [5.41, 5.74) is 2.09. The summed E-state index contributed by atoms with van der Waals surface area (Å²) < 4.78 is 50.0. The van der Waals surface area contributed by atoms with Crippen molar-refractivity contribution in [2.45, 2.75) is 32.5 Å². The van der Waals surface area contributed by atoms with Gasteiger partial charge in [-0.25, -0.2) is 0 Å². The molecule has 222 valence electrons. The number of ether oxygens (including phenoxy) is 2. The number of aromatic nitrogens is 1. The number of aromatic amines is 1. The zero-order valence-electron chi connectivity index (χ0n) is 23.8. The van der Waals surface area contributed by atoms with E-state index in [1.807, 2.05) is 37.4 Å². The Balaban J connectivity index is 1.58. The second-order valence-corrected chi connectivity index (χ2v) is 9.91. The summed E-state index contributed by atoms with van der Waals surface area (Å²) in [4.78, 5) is 33.6. The van der Waals surface area contributed by atoms with Gasteiger partial charge in [0.25, 0.3) is 5.91 Å². The molecule has 4 rings (SSSR count). The van der Waals surface area contributed by atoms with Crippen LogP contribution in [0.3, 0.4) is 0 Å². The molecule has 3 aromatic carbocycles. The van der Waals surface area contributed by atoms with Crippen LogP contribution in [0.25, 0.3) is 10.9 Å². The molecular weight excluding hydrogens is 547 g/mol. The van der Waals surface area contributed by atoms with Gasteiger partial charge in [0.2, 0.25) is 5.91 Å². The number of para-hydroxylation sites is 1. The minimum absolute atomic E-state index is 0.0966. The maximum absolute atomic E-state index is 13.8. The SMILES string of the molecule is CCCN(CC(=O)N(CCc1c[nH]c2ccccc12)Cc1ccc(C(F)(F)F)cc1)C(=O)c1ccc(OC)cc1OC. The fourth-order valence-corrected chi connectivity index (χ4v) is 4.84. The van der Waals surface area contributed by atoms with Crippen LogP contribution >= 0.6 is 0 Å². The van der Waals surface area contributed by atoms with Crippen molar-refractivity contribution >= 4 is 22.7 Å². The number of carbonyl (C=O) groups is 2. The third kappa shape index (κ3) is 7.23. The van der Waals surface area contributed by atoms with E-state index in [1.165, 1.54) is 31.3 Å². The molecule has 0 aliphatic heterocycles. The predicted molar refractivity (Wildman–Crippen MR) is 155 cm³/mol. The third-order valence-electron chi connectivity index (χ3n) is 7.08. The Bertz CT molecular complexity index is 1520. The second-order valence-electron chi connectivity index (χ2n) is 9.91. The maximum Gasteiger partial charge on any atom is 0.416 e. The standard InChI is InChI=1S/C32H34F3N3O4/c1-4-16-38(31(40)27-14-13-25(41-2)18-29(27)42-3)21-30(39)37(20-22-9-11-24(12-10-22)32(33,34)35)17-15-23-19-36-28-8-6-5-7-26(23)28/h5-14,18-19,36H,4,15-17,20-21H2,1-3H3. The smallest absolute Gasteiger partial charge is 0.416 e. The Morgan fingerprint density at radius 3 is 2.31 bits per heavy atom. The number of halogens is 3. The van der Waals surface area contributed by atoms with E-state index in [4.69, 9.17) is 9.47 Å².